The molecule has 1 aromatic carbocycles. The minimum absolute atomic E-state index is 0.0703. The number of pyridine rings is 1. The molecule has 0 saturated carbocycles. The summed E-state index contributed by atoms with van der Waals surface area (Å²) in [6, 6.07) is 8.29. The van der Waals surface area contributed by atoms with E-state index in [4.69, 9.17) is 16.3 Å². The van der Waals surface area contributed by atoms with Crippen LogP contribution in [0.15, 0.2) is 36.4 Å². The average Bonchev–Trinajstić information content (AvgIpc) is 2.87. The van der Waals surface area contributed by atoms with Crippen LogP contribution in [0.3, 0.4) is 0 Å². The lowest BCUT2D eigenvalue weighted by Crippen LogP contribution is -2.55. The monoisotopic (exact) mass is 548 g/mol. The Hall–Kier alpha value is -3.73. The maximum Gasteiger partial charge on any atom is 0.407 e. The topological polar surface area (TPSA) is 129 Å². The first-order valence-electron chi connectivity index (χ1n) is 12.1. The normalized spacial score (nSPS) is 14.6. The summed E-state index contributed by atoms with van der Waals surface area (Å²) in [5.41, 5.74) is -0.642. The molecule has 1 atom stereocenters. The lowest BCUT2D eigenvalue weighted by molar-refractivity contribution is -0.155. The van der Waals surface area contributed by atoms with Gasteiger partial charge in [-0.3, -0.25) is 14.4 Å². The molecule has 0 aliphatic carbocycles. The van der Waals surface area contributed by atoms with Crippen LogP contribution in [-0.4, -0.2) is 81.6 Å². The van der Waals surface area contributed by atoms with Crippen LogP contribution in [0.5, 0.6) is 0 Å². The van der Waals surface area contributed by atoms with Gasteiger partial charge in [-0.2, -0.15) is 0 Å². The molecule has 1 aliphatic heterocycles. The fourth-order valence-electron chi connectivity index (χ4n) is 3.88. The minimum atomic E-state index is -1.14. The van der Waals surface area contributed by atoms with Crippen LogP contribution in [0.25, 0.3) is 11.3 Å². The van der Waals surface area contributed by atoms with Crippen molar-refractivity contribution in [3.8, 4) is 11.3 Å². The number of carbonyl (C=O) groups is 4. The van der Waals surface area contributed by atoms with Crippen LogP contribution >= 0.6 is 11.6 Å². The molecule has 0 bridgehead atoms. The lowest BCUT2D eigenvalue weighted by atomic mass is 10.1. The van der Waals surface area contributed by atoms with Crippen molar-refractivity contribution in [2.75, 3.05) is 26.2 Å². The van der Waals surface area contributed by atoms with Gasteiger partial charge >= 0.3 is 12.1 Å². The number of esters is 1. The van der Waals surface area contributed by atoms with E-state index in [9.17, 15) is 28.7 Å². The van der Waals surface area contributed by atoms with E-state index in [0.717, 1.165) is 6.07 Å². The van der Waals surface area contributed by atoms with Crippen molar-refractivity contribution >= 4 is 35.5 Å². The summed E-state index contributed by atoms with van der Waals surface area (Å²) < 4.78 is 20.0. The summed E-state index contributed by atoms with van der Waals surface area (Å²) in [5, 5.41) is 11.5. The largest absolute Gasteiger partial charge is 0.465 e. The number of rotatable bonds is 7. The van der Waals surface area contributed by atoms with Crippen molar-refractivity contribution in [2.24, 2.45) is 0 Å². The van der Waals surface area contributed by atoms with Crippen LogP contribution in [0.4, 0.5) is 9.18 Å². The molecular weight excluding hydrogens is 519 g/mol. The van der Waals surface area contributed by atoms with E-state index in [-0.39, 0.29) is 55.4 Å². The van der Waals surface area contributed by atoms with E-state index in [1.54, 1.807) is 51.1 Å². The summed E-state index contributed by atoms with van der Waals surface area (Å²) in [5.74, 6) is -2.60. The zero-order chi connectivity index (χ0) is 28.0. The SMILES string of the molecule is CC(C)(C)OC(=O)CC[C@H](NC(=O)c1cc(Cl)c(F)c(-c2ccccc2)n1)C(=O)N1CCN(C(=O)O)CC1. The Morgan fingerprint density at radius 1 is 1.11 bits per heavy atom. The van der Waals surface area contributed by atoms with Gasteiger partial charge in [-0.25, -0.2) is 14.2 Å². The molecule has 10 nitrogen and oxygen atoms in total. The van der Waals surface area contributed by atoms with Gasteiger partial charge in [0.05, 0.1) is 5.02 Å². The number of carboxylic acid groups (broad SMARTS) is 1. The third-order valence-corrected chi connectivity index (χ3v) is 5.99. The number of ether oxygens (including phenoxy) is 1. The summed E-state index contributed by atoms with van der Waals surface area (Å²) in [6.07, 6.45) is -1.31. The van der Waals surface area contributed by atoms with Gasteiger partial charge in [0.25, 0.3) is 5.91 Å². The fraction of sp³-hybridized carbons (Fsp3) is 0.423. The average molecular weight is 549 g/mol. The van der Waals surface area contributed by atoms with Crippen molar-refractivity contribution in [2.45, 2.75) is 45.3 Å². The Labute approximate surface area is 224 Å². The zero-order valence-electron chi connectivity index (χ0n) is 21.4. The van der Waals surface area contributed by atoms with E-state index in [0.29, 0.717) is 5.56 Å². The first-order valence-corrected chi connectivity index (χ1v) is 12.4. The molecular formula is C26H30ClFN4O6. The van der Waals surface area contributed by atoms with Gasteiger partial charge in [-0.1, -0.05) is 41.9 Å². The van der Waals surface area contributed by atoms with Gasteiger partial charge in [-0.05, 0) is 33.3 Å². The van der Waals surface area contributed by atoms with Crippen LogP contribution < -0.4 is 5.32 Å². The number of hydrogen-bond donors (Lipinski definition) is 2. The standard InChI is InChI=1S/C26H30ClFN4O6/c1-26(2,3)38-20(33)10-9-18(24(35)31-11-13-32(14-12-31)25(36)37)30-23(34)19-15-17(27)21(28)22(29-19)16-7-5-4-6-8-16/h4-8,15,18H,9-14H2,1-3H3,(H,30,34)(H,36,37)/t18-/m0/s1. The third kappa shape index (κ3) is 7.64. The molecule has 3 rings (SSSR count). The predicted octanol–water partition coefficient (Wildman–Crippen LogP) is 3.58. The second-order valence-electron chi connectivity index (χ2n) is 9.76. The highest BCUT2D eigenvalue weighted by Crippen LogP contribution is 2.27. The van der Waals surface area contributed by atoms with E-state index < -0.39 is 41.3 Å². The first kappa shape index (κ1) is 28.8. The number of aromatic nitrogens is 1. The predicted molar refractivity (Wildman–Crippen MR) is 137 cm³/mol. The molecule has 2 N–H and O–H groups in total. The number of amides is 3. The molecule has 38 heavy (non-hydrogen) atoms. The van der Waals surface area contributed by atoms with Gasteiger partial charge in [0.1, 0.15) is 23.0 Å². The van der Waals surface area contributed by atoms with Gasteiger partial charge in [-0.15, -0.1) is 0 Å². The quantitative estimate of drug-likeness (QED) is 0.506. The van der Waals surface area contributed by atoms with Crippen molar-refractivity contribution in [1.29, 1.82) is 0 Å². The molecule has 1 fully saturated rings. The fourth-order valence-corrected chi connectivity index (χ4v) is 4.08. The lowest BCUT2D eigenvalue weighted by Gasteiger charge is -2.35. The van der Waals surface area contributed by atoms with Crippen molar-refractivity contribution in [1.82, 2.24) is 20.1 Å². The van der Waals surface area contributed by atoms with Crippen molar-refractivity contribution in [3.63, 3.8) is 0 Å². The summed E-state index contributed by atoms with van der Waals surface area (Å²) >= 11 is 6.05. The molecule has 204 valence electrons. The molecule has 0 radical (unpaired) electrons. The number of benzene rings is 1. The van der Waals surface area contributed by atoms with E-state index in [1.807, 2.05) is 0 Å². The van der Waals surface area contributed by atoms with Crippen LogP contribution in [0.2, 0.25) is 5.02 Å². The summed E-state index contributed by atoms with van der Waals surface area (Å²) in [6.45, 7) is 5.63. The summed E-state index contributed by atoms with van der Waals surface area (Å²) in [7, 11) is 0. The van der Waals surface area contributed by atoms with Gasteiger partial charge in [0.2, 0.25) is 5.91 Å². The Bertz CT molecular complexity index is 1200. The highest BCUT2D eigenvalue weighted by atomic mass is 35.5. The van der Waals surface area contributed by atoms with Gasteiger partial charge < -0.3 is 25.0 Å². The molecule has 2 aromatic rings. The molecule has 2 heterocycles. The Morgan fingerprint density at radius 2 is 1.71 bits per heavy atom. The number of hydrogen-bond acceptors (Lipinski definition) is 6. The first-order chi connectivity index (χ1) is 17.9. The maximum absolute atomic E-state index is 14.7. The van der Waals surface area contributed by atoms with Gasteiger partial charge in [0.15, 0.2) is 5.82 Å². The molecule has 1 aromatic heterocycles. The summed E-state index contributed by atoms with van der Waals surface area (Å²) in [4.78, 5) is 56.8. The smallest absolute Gasteiger partial charge is 0.407 e. The molecule has 12 heteroatoms. The maximum atomic E-state index is 14.7. The number of halogens is 2. The van der Waals surface area contributed by atoms with Crippen LogP contribution in [-0.2, 0) is 14.3 Å². The second-order valence-corrected chi connectivity index (χ2v) is 10.2. The van der Waals surface area contributed by atoms with Crippen LogP contribution in [0, 0.1) is 5.82 Å². The van der Waals surface area contributed by atoms with Crippen molar-refractivity contribution < 1.29 is 33.4 Å². The Balaban J connectivity index is 1.81. The Kier molecular flexibility index (Phi) is 9.26. The molecule has 1 aliphatic rings. The zero-order valence-corrected chi connectivity index (χ0v) is 22.1. The van der Waals surface area contributed by atoms with Crippen LogP contribution in [0.1, 0.15) is 44.1 Å². The highest BCUT2D eigenvalue weighted by molar-refractivity contribution is 6.31. The number of piperazine rings is 1. The Morgan fingerprint density at radius 3 is 2.29 bits per heavy atom. The molecule has 1 saturated heterocycles. The van der Waals surface area contributed by atoms with E-state index in [2.05, 4.69) is 10.3 Å². The van der Waals surface area contributed by atoms with Gasteiger partial charge in [0, 0.05) is 38.2 Å². The number of carbonyl (C=O) groups excluding carboxylic acids is 3. The molecule has 3 amide bonds. The highest BCUT2D eigenvalue weighted by Gasteiger charge is 2.31. The van der Waals surface area contributed by atoms with E-state index in [1.165, 1.54) is 9.80 Å². The van der Waals surface area contributed by atoms with E-state index >= 15 is 0 Å². The second kappa shape index (κ2) is 12.2. The number of nitrogens with one attached hydrogen (secondary N) is 1. The van der Waals surface area contributed by atoms with Crippen molar-refractivity contribution in [3.05, 3.63) is 52.9 Å². The third-order valence-electron chi connectivity index (χ3n) is 5.72. The molecule has 0 unspecified atom stereocenters. The number of nitrogens with zero attached hydrogens (tertiary/aromatic N) is 3. The minimum Gasteiger partial charge on any atom is -0.465 e. The molecule has 0 spiro atoms.